The van der Waals surface area contributed by atoms with Gasteiger partial charge in [-0.25, -0.2) is 0 Å². The largest absolute Gasteiger partial charge is 0.310 e. The minimum Gasteiger partial charge on any atom is -0.310 e. The lowest BCUT2D eigenvalue weighted by Gasteiger charge is -2.45. The van der Waals surface area contributed by atoms with E-state index in [9.17, 15) is 0 Å². The maximum atomic E-state index is 4.14. The Kier molecular flexibility index (Phi) is 3.48. The highest BCUT2D eigenvalue weighted by molar-refractivity contribution is 5.12. The molecular formula is C18H33N. The molecule has 3 aliphatic carbocycles. The monoisotopic (exact) mass is 263 g/mol. The van der Waals surface area contributed by atoms with Gasteiger partial charge in [-0.05, 0) is 61.2 Å². The first kappa shape index (κ1) is 13.9. The summed E-state index contributed by atoms with van der Waals surface area (Å²) < 4.78 is 0. The van der Waals surface area contributed by atoms with E-state index in [0.29, 0.717) is 10.8 Å². The Bertz CT molecular complexity index is 330. The maximum Gasteiger partial charge on any atom is 0.0177 e. The lowest BCUT2D eigenvalue weighted by molar-refractivity contribution is 0.0958. The van der Waals surface area contributed by atoms with Gasteiger partial charge in [-0.1, -0.05) is 40.5 Å². The van der Waals surface area contributed by atoms with Crippen molar-refractivity contribution in [3.8, 4) is 0 Å². The highest BCUT2D eigenvalue weighted by Gasteiger charge is 2.59. The standard InChI is InChI=1S/C18H33N/c1-13-6-5-7-15(9-8-13)19-16-17(2,3)14-10-11-18(16,4)12-14/h13-16,19H,5-12H2,1-4H3/t13?,14-,15?,16?,18+/m0/s1. The van der Waals surface area contributed by atoms with E-state index in [0.717, 1.165) is 23.9 Å². The summed E-state index contributed by atoms with van der Waals surface area (Å²) in [5.74, 6) is 1.93. The van der Waals surface area contributed by atoms with Crippen LogP contribution in [0.2, 0.25) is 0 Å². The van der Waals surface area contributed by atoms with Crippen LogP contribution < -0.4 is 5.32 Å². The van der Waals surface area contributed by atoms with Crippen molar-refractivity contribution in [2.45, 2.75) is 91.1 Å². The molecule has 3 saturated carbocycles. The summed E-state index contributed by atoms with van der Waals surface area (Å²) >= 11 is 0. The Balaban J connectivity index is 1.69. The van der Waals surface area contributed by atoms with Crippen LogP contribution in [-0.4, -0.2) is 12.1 Å². The summed E-state index contributed by atoms with van der Waals surface area (Å²) in [7, 11) is 0. The second-order valence-corrected chi connectivity index (χ2v) is 8.83. The average Bonchev–Trinajstić information content (AvgIpc) is 2.71. The summed E-state index contributed by atoms with van der Waals surface area (Å²) in [6, 6.07) is 1.56. The summed E-state index contributed by atoms with van der Waals surface area (Å²) in [6.45, 7) is 10.0. The quantitative estimate of drug-likeness (QED) is 0.708. The second kappa shape index (κ2) is 4.76. The zero-order valence-corrected chi connectivity index (χ0v) is 13.5. The van der Waals surface area contributed by atoms with E-state index in [1.54, 1.807) is 0 Å². The van der Waals surface area contributed by atoms with E-state index in [1.807, 2.05) is 0 Å². The lowest BCUT2D eigenvalue weighted by Crippen LogP contribution is -2.53. The summed E-state index contributed by atoms with van der Waals surface area (Å²) in [4.78, 5) is 0. The first-order valence-corrected chi connectivity index (χ1v) is 8.68. The SMILES string of the molecule is CC1CCCC(NC2C(C)(C)[C@H]3CC[C@]2(C)C3)CC1. The molecule has 2 bridgehead atoms. The van der Waals surface area contributed by atoms with E-state index >= 15 is 0 Å². The Labute approximate surface area is 119 Å². The zero-order chi connectivity index (χ0) is 13.7. The van der Waals surface area contributed by atoms with Crippen molar-refractivity contribution in [2.75, 3.05) is 0 Å². The topological polar surface area (TPSA) is 12.0 Å². The Hall–Kier alpha value is -0.0400. The predicted octanol–water partition coefficient (Wildman–Crippen LogP) is 4.76. The van der Waals surface area contributed by atoms with Crippen LogP contribution in [-0.2, 0) is 0 Å². The van der Waals surface area contributed by atoms with Crippen molar-refractivity contribution >= 4 is 0 Å². The van der Waals surface area contributed by atoms with Crippen LogP contribution in [0.1, 0.15) is 79.1 Å². The molecule has 0 amide bonds. The maximum absolute atomic E-state index is 4.14. The van der Waals surface area contributed by atoms with Gasteiger partial charge < -0.3 is 5.32 Å². The molecule has 3 aliphatic rings. The van der Waals surface area contributed by atoms with Crippen LogP contribution in [0.25, 0.3) is 0 Å². The molecule has 1 nitrogen and oxygen atoms in total. The van der Waals surface area contributed by atoms with Crippen LogP contribution in [0.5, 0.6) is 0 Å². The molecule has 19 heavy (non-hydrogen) atoms. The van der Waals surface area contributed by atoms with Gasteiger partial charge in [0, 0.05) is 12.1 Å². The predicted molar refractivity (Wildman–Crippen MR) is 82.2 cm³/mol. The van der Waals surface area contributed by atoms with Gasteiger partial charge in [0.15, 0.2) is 0 Å². The molecule has 0 radical (unpaired) electrons. The van der Waals surface area contributed by atoms with Gasteiger partial charge in [-0.3, -0.25) is 0 Å². The number of hydrogen-bond donors (Lipinski definition) is 1. The normalized spacial score (nSPS) is 49.3. The van der Waals surface area contributed by atoms with E-state index in [4.69, 9.17) is 0 Å². The molecule has 1 heteroatoms. The number of nitrogens with one attached hydrogen (secondary N) is 1. The molecule has 0 aliphatic heterocycles. The molecule has 0 heterocycles. The van der Waals surface area contributed by atoms with Crippen LogP contribution in [0, 0.1) is 22.7 Å². The summed E-state index contributed by atoms with van der Waals surface area (Å²) in [6.07, 6.45) is 11.6. The summed E-state index contributed by atoms with van der Waals surface area (Å²) in [5.41, 5.74) is 1.11. The van der Waals surface area contributed by atoms with Crippen LogP contribution >= 0.6 is 0 Å². The fourth-order valence-corrected chi connectivity index (χ4v) is 5.61. The fraction of sp³-hybridized carbons (Fsp3) is 1.00. The Morgan fingerprint density at radius 1 is 0.947 bits per heavy atom. The third-order valence-corrected chi connectivity index (χ3v) is 6.93. The minimum atomic E-state index is 0.519. The van der Waals surface area contributed by atoms with E-state index < -0.39 is 0 Å². The molecule has 5 atom stereocenters. The van der Waals surface area contributed by atoms with Crippen molar-refractivity contribution in [3.05, 3.63) is 0 Å². The Morgan fingerprint density at radius 2 is 1.74 bits per heavy atom. The van der Waals surface area contributed by atoms with E-state index in [1.165, 1.54) is 51.4 Å². The third-order valence-electron chi connectivity index (χ3n) is 6.93. The summed E-state index contributed by atoms with van der Waals surface area (Å²) in [5, 5.41) is 4.14. The van der Waals surface area contributed by atoms with Gasteiger partial charge in [0.25, 0.3) is 0 Å². The zero-order valence-electron chi connectivity index (χ0n) is 13.5. The molecule has 0 aromatic carbocycles. The van der Waals surface area contributed by atoms with Crippen LogP contribution in [0.3, 0.4) is 0 Å². The van der Waals surface area contributed by atoms with Crippen LogP contribution in [0.4, 0.5) is 0 Å². The van der Waals surface area contributed by atoms with Gasteiger partial charge in [0.2, 0.25) is 0 Å². The van der Waals surface area contributed by atoms with Crippen molar-refractivity contribution < 1.29 is 0 Å². The molecule has 110 valence electrons. The molecule has 0 aromatic rings. The van der Waals surface area contributed by atoms with Gasteiger partial charge in [-0.2, -0.15) is 0 Å². The number of rotatable bonds is 2. The van der Waals surface area contributed by atoms with Gasteiger partial charge >= 0.3 is 0 Å². The Morgan fingerprint density at radius 3 is 2.42 bits per heavy atom. The molecule has 0 saturated heterocycles. The smallest absolute Gasteiger partial charge is 0.0177 e. The number of hydrogen-bond acceptors (Lipinski definition) is 1. The fourth-order valence-electron chi connectivity index (χ4n) is 5.61. The van der Waals surface area contributed by atoms with Crippen molar-refractivity contribution in [1.82, 2.24) is 5.32 Å². The highest BCUT2D eigenvalue weighted by Crippen LogP contribution is 2.62. The highest BCUT2D eigenvalue weighted by atomic mass is 15.0. The van der Waals surface area contributed by atoms with Gasteiger partial charge in [0.05, 0.1) is 0 Å². The lowest BCUT2D eigenvalue weighted by atomic mass is 9.68. The molecule has 3 fully saturated rings. The van der Waals surface area contributed by atoms with Crippen LogP contribution in [0.15, 0.2) is 0 Å². The third kappa shape index (κ3) is 2.37. The van der Waals surface area contributed by atoms with Crippen molar-refractivity contribution in [2.24, 2.45) is 22.7 Å². The van der Waals surface area contributed by atoms with Gasteiger partial charge in [-0.15, -0.1) is 0 Å². The molecule has 3 rings (SSSR count). The first-order chi connectivity index (χ1) is 8.92. The molecule has 0 spiro atoms. The van der Waals surface area contributed by atoms with Gasteiger partial charge in [0.1, 0.15) is 0 Å². The molecule has 3 unspecified atom stereocenters. The van der Waals surface area contributed by atoms with Crippen molar-refractivity contribution in [3.63, 3.8) is 0 Å². The second-order valence-electron chi connectivity index (χ2n) is 8.83. The number of fused-ring (bicyclic) bond motifs is 2. The van der Waals surface area contributed by atoms with E-state index in [2.05, 4.69) is 33.0 Å². The molecule has 0 aromatic heterocycles. The average molecular weight is 263 g/mol. The van der Waals surface area contributed by atoms with E-state index in [-0.39, 0.29) is 0 Å². The molecule has 1 N–H and O–H groups in total. The minimum absolute atomic E-state index is 0.519. The molecular weight excluding hydrogens is 230 g/mol. The van der Waals surface area contributed by atoms with Crippen molar-refractivity contribution in [1.29, 1.82) is 0 Å². The first-order valence-electron chi connectivity index (χ1n) is 8.68.